The topological polar surface area (TPSA) is 85.7 Å². The zero-order chi connectivity index (χ0) is 18.5. The number of aromatic nitrogens is 1. The van der Waals surface area contributed by atoms with Gasteiger partial charge in [-0.15, -0.1) is 11.3 Å². The molecule has 2 aromatic rings. The minimum Gasteiger partial charge on any atom is -0.508 e. The Morgan fingerprint density at radius 3 is 2.81 bits per heavy atom. The fraction of sp³-hybridized carbons (Fsp3) is 0.474. The van der Waals surface area contributed by atoms with Gasteiger partial charge in [-0.2, -0.15) is 0 Å². The van der Waals surface area contributed by atoms with Gasteiger partial charge in [0, 0.05) is 31.4 Å². The number of likely N-dealkylation sites (tertiary alicyclic amines) is 1. The van der Waals surface area contributed by atoms with Crippen molar-refractivity contribution >= 4 is 17.2 Å². The molecule has 2 atom stereocenters. The van der Waals surface area contributed by atoms with Crippen molar-refractivity contribution < 1.29 is 15.0 Å². The summed E-state index contributed by atoms with van der Waals surface area (Å²) in [7, 11) is 0. The molecule has 1 amide bonds. The average molecular weight is 375 g/mol. The zero-order valence-electron chi connectivity index (χ0n) is 14.9. The molecule has 1 aromatic carbocycles. The van der Waals surface area contributed by atoms with Crippen LogP contribution in [-0.2, 0) is 17.8 Å². The van der Waals surface area contributed by atoms with Crippen LogP contribution in [0.4, 0.5) is 0 Å². The van der Waals surface area contributed by atoms with Crippen molar-refractivity contribution in [3.05, 3.63) is 45.9 Å². The van der Waals surface area contributed by atoms with Crippen molar-refractivity contribution in [3.8, 4) is 5.75 Å². The van der Waals surface area contributed by atoms with Crippen LogP contribution in [0.2, 0.25) is 0 Å². The Morgan fingerprint density at radius 1 is 1.38 bits per heavy atom. The van der Waals surface area contributed by atoms with Gasteiger partial charge in [-0.1, -0.05) is 12.1 Å². The average Bonchev–Trinajstić information content (AvgIpc) is 3.02. The molecule has 140 valence electrons. The summed E-state index contributed by atoms with van der Waals surface area (Å²) in [6, 6.07) is 6.68. The van der Waals surface area contributed by atoms with Gasteiger partial charge in [-0.05, 0) is 37.5 Å². The number of thiazole rings is 1. The molecular weight excluding hydrogens is 350 g/mol. The van der Waals surface area contributed by atoms with Crippen LogP contribution in [-0.4, -0.2) is 51.2 Å². The molecule has 0 spiro atoms. The number of aliphatic hydroxyl groups is 1. The second kappa shape index (κ2) is 8.62. The van der Waals surface area contributed by atoms with Crippen molar-refractivity contribution in [3.63, 3.8) is 0 Å². The molecule has 6 nitrogen and oxygen atoms in total. The van der Waals surface area contributed by atoms with E-state index in [4.69, 9.17) is 0 Å². The number of β-amino-alcohol motifs (C(OH)–C–C–N with tert-alkyl or cyclic N) is 1. The lowest BCUT2D eigenvalue weighted by molar-refractivity contribution is -0.123. The highest BCUT2D eigenvalue weighted by atomic mass is 32.1. The van der Waals surface area contributed by atoms with E-state index in [1.165, 1.54) is 0 Å². The largest absolute Gasteiger partial charge is 0.508 e. The van der Waals surface area contributed by atoms with E-state index < -0.39 is 6.10 Å². The summed E-state index contributed by atoms with van der Waals surface area (Å²) in [6.07, 6.45) is 1.15. The van der Waals surface area contributed by atoms with Gasteiger partial charge in [0.05, 0.1) is 22.8 Å². The fourth-order valence-electron chi connectivity index (χ4n) is 3.22. The van der Waals surface area contributed by atoms with Crippen molar-refractivity contribution in [2.75, 3.05) is 13.1 Å². The number of carbonyl (C=O) groups is 1. The number of hydrogen-bond acceptors (Lipinski definition) is 6. The first-order chi connectivity index (χ1) is 12.5. The molecule has 1 fully saturated rings. The number of rotatable bonds is 6. The van der Waals surface area contributed by atoms with E-state index in [9.17, 15) is 15.0 Å². The van der Waals surface area contributed by atoms with Gasteiger partial charge in [-0.3, -0.25) is 9.69 Å². The Hall–Kier alpha value is -1.96. The lowest BCUT2D eigenvalue weighted by Crippen LogP contribution is -2.53. The summed E-state index contributed by atoms with van der Waals surface area (Å²) in [5, 5.41) is 25.7. The molecule has 0 bridgehead atoms. The van der Waals surface area contributed by atoms with Crippen LogP contribution in [0.5, 0.6) is 5.75 Å². The first-order valence-electron chi connectivity index (χ1n) is 8.88. The molecule has 1 aromatic heterocycles. The van der Waals surface area contributed by atoms with E-state index in [1.54, 1.807) is 23.5 Å². The van der Waals surface area contributed by atoms with Crippen LogP contribution in [0.3, 0.4) is 0 Å². The number of carbonyl (C=O) groups excluding carboxylic acids is 1. The smallest absolute Gasteiger partial charge is 0.220 e. The van der Waals surface area contributed by atoms with E-state index >= 15 is 0 Å². The summed E-state index contributed by atoms with van der Waals surface area (Å²) in [5.41, 5.74) is 2.04. The van der Waals surface area contributed by atoms with Crippen molar-refractivity contribution in [2.24, 2.45) is 0 Å². The van der Waals surface area contributed by atoms with Crippen LogP contribution < -0.4 is 5.32 Å². The number of phenols is 1. The third kappa shape index (κ3) is 5.27. The molecule has 1 aliphatic rings. The number of amides is 1. The SMILES string of the molecule is Cc1nc(CN2CCC(NC(=O)CCc3ccc(O)cc3)C(O)C2)cs1. The molecule has 26 heavy (non-hydrogen) atoms. The minimum atomic E-state index is -0.568. The molecule has 2 heterocycles. The first-order valence-corrected chi connectivity index (χ1v) is 9.76. The molecule has 3 rings (SSSR count). The van der Waals surface area contributed by atoms with Gasteiger partial charge in [0.2, 0.25) is 5.91 Å². The lowest BCUT2D eigenvalue weighted by Gasteiger charge is -2.36. The monoisotopic (exact) mass is 375 g/mol. The Kier molecular flexibility index (Phi) is 6.24. The molecular formula is C19H25N3O3S. The Balaban J connectivity index is 1.42. The van der Waals surface area contributed by atoms with Crippen molar-refractivity contribution in [1.29, 1.82) is 0 Å². The summed E-state index contributed by atoms with van der Waals surface area (Å²) in [5.74, 6) is 0.173. The molecule has 0 radical (unpaired) electrons. The van der Waals surface area contributed by atoms with Crippen LogP contribution >= 0.6 is 11.3 Å². The summed E-state index contributed by atoms with van der Waals surface area (Å²) >= 11 is 1.64. The van der Waals surface area contributed by atoms with Gasteiger partial charge in [0.15, 0.2) is 0 Å². The highest BCUT2D eigenvalue weighted by molar-refractivity contribution is 7.09. The number of phenolic OH excluding ortho intramolecular Hbond substituents is 1. The maximum atomic E-state index is 12.2. The lowest BCUT2D eigenvalue weighted by atomic mass is 10.0. The molecule has 3 N–H and O–H groups in total. The second-order valence-electron chi connectivity index (χ2n) is 6.79. The van der Waals surface area contributed by atoms with Gasteiger partial charge in [-0.25, -0.2) is 4.98 Å². The predicted octanol–water partition coefficient (Wildman–Crippen LogP) is 1.84. The summed E-state index contributed by atoms with van der Waals surface area (Å²) in [4.78, 5) is 18.8. The van der Waals surface area contributed by atoms with Crippen LogP contribution in [0.15, 0.2) is 29.6 Å². The minimum absolute atomic E-state index is 0.0503. The molecule has 0 saturated carbocycles. The summed E-state index contributed by atoms with van der Waals surface area (Å²) < 4.78 is 0. The maximum Gasteiger partial charge on any atom is 0.220 e. The van der Waals surface area contributed by atoms with E-state index in [2.05, 4.69) is 20.6 Å². The van der Waals surface area contributed by atoms with Crippen LogP contribution in [0.25, 0.3) is 0 Å². The fourth-order valence-corrected chi connectivity index (χ4v) is 3.82. The third-order valence-corrected chi connectivity index (χ3v) is 5.46. The number of piperidine rings is 1. The number of benzene rings is 1. The molecule has 0 aliphatic carbocycles. The summed E-state index contributed by atoms with van der Waals surface area (Å²) in [6.45, 7) is 4.10. The van der Waals surface area contributed by atoms with Gasteiger partial charge >= 0.3 is 0 Å². The van der Waals surface area contributed by atoms with E-state index in [0.29, 0.717) is 19.4 Å². The molecule has 1 aliphatic heterocycles. The first kappa shape index (κ1) is 18.8. The number of hydrogen-bond donors (Lipinski definition) is 3. The quantitative estimate of drug-likeness (QED) is 0.717. The standard InChI is InChI=1S/C19H25N3O3S/c1-13-20-15(12-26-13)10-22-9-8-17(18(24)11-22)21-19(25)7-4-14-2-5-16(23)6-3-14/h2-3,5-6,12,17-18,23-24H,4,7-11H2,1H3,(H,21,25). The Morgan fingerprint density at radius 2 is 2.15 bits per heavy atom. The van der Waals surface area contributed by atoms with Crippen molar-refractivity contribution in [2.45, 2.75) is 44.9 Å². The molecule has 2 unspecified atom stereocenters. The zero-order valence-corrected chi connectivity index (χ0v) is 15.7. The van der Waals surface area contributed by atoms with Crippen molar-refractivity contribution in [1.82, 2.24) is 15.2 Å². The highest BCUT2D eigenvalue weighted by Crippen LogP contribution is 2.17. The van der Waals surface area contributed by atoms with E-state index in [-0.39, 0.29) is 17.7 Å². The maximum absolute atomic E-state index is 12.2. The predicted molar refractivity (Wildman–Crippen MR) is 101 cm³/mol. The number of aromatic hydroxyl groups is 1. The van der Waals surface area contributed by atoms with Gasteiger partial charge < -0.3 is 15.5 Å². The van der Waals surface area contributed by atoms with Gasteiger partial charge in [0.1, 0.15) is 5.75 Å². The highest BCUT2D eigenvalue weighted by Gasteiger charge is 2.29. The second-order valence-corrected chi connectivity index (χ2v) is 7.85. The molecule has 1 saturated heterocycles. The number of aryl methyl sites for hydroxylation is 2. The van der Waals surface area contributed by atoms with Gasteiger partial charge in [0.25, 0.3) is 0 Å². The molecule has 7 heteroatoms. The van der Waals surface area contributed by atoms with E-state index in [1.807, 2.05) is 19.1 Å². The number of nitrogens with one attached hydrogen (secondary N) is 1. The number of aliphatic hydroxyl groups excluding tert-OH is 1. The van der Waals surface area contributed by atoms with Crippen LogP contribution in [0, 0.1) is 6.92 Å². The third-order valence-electron chi connectivity index (χ3n) is 4.64. The number of nitrogens with zero attached hydrogens (tertiary/aromatic N) is 2. The van der Waals surface area contributed by atoms with E-state index in [0.717, 1.165) is 35.8 Å². The Labute approximate surface area is 157 Å². The normalized spacial score (nSPS) is 20.8. The van der Waals surface area contributed by atoms with Crippen LogP contribution in [0.1, 0.15) is 29.1 Å². The Bertz CT molecular complexity index is 732.